The molecular weight excluding hydrogens is 372 g/mol. The summed E-state index contributed by atoms with van der Waals surface area (Å²) in [4.78, 5) is 4.65. The van der Waals surface area contributed by atoms with Crippen LogP contribution in [-0.2, 0) is 0 Å². The molecule has 4 aromatic rings. The van der Waals surface area contributed by atoms with E-state index in [4.69, 9.17) is 16.3 Å². The number of hydrogen-bond acceptors (Lipinski definition) is 5. The summed E-state index contributed by atoms with van der Waals surface area (Å²) in [5, 5.41) is 12.5. The molecule has 1 heterocycles. The number of ether oxygens (including phenoxy) is 1. The summed E-state index contributed by atoms with van der Waals surface area (Å²) in [7, 11) is 1.64. The third-order valence-electron chi connectivity index (χ3n) is 4.51. The number of halogens is 1. The second kappa shape index (κ2) is 7.44. The normalized spacial score (nSPS) is 10.9. The third kappa shape index (κ3) is 3.62. The Kier molecular flexibility index (Phi) is 4.84. The second-order valence-corrected chi connectivity index (χ2v) is 7.04. The minimum absolute atomic E-state index is 0.466. The molecule has 3 aromatic carbocycles. The van der Waals surface area contributed by atoms with Gasteiger partial charge < -0.3 is 10.1 Å². The van der Waals surface area contributed by atoms with Gasteiger partial charge >= 0.3 is 0 Å². The summed E-state index contributed by atoms with van der Waals surface area (Å²) in [6.07, 6.45) is 0. The molecule has 0 amide bonds. The first-order valence-corrected chi connectivity index (χ1v) is 9.24. The zero-order chi connectivity index (χ0) is 19.7. The van der Waals surface area contributed by atoms with Crippen LogP contribution in [0.4, 0.5) is 11.6 Å². The monoisotopic (exact) mass is 390 g/mol. The third-order valence-corrected chi connectivity index (χ3v) is 4.84. The predicted molar refractivity (Wildman–Crippen MR) is 114 cm³/mol. The quantitative estimate of drug-likeness (QED) is 0.483. The van der Waals surface area contributed by atoms with Gasteiger partial charge in [0.2, 0.25) is 5.95 Å². The first kappa shape index (κ1) is 18.2. The Labute approximate surface area is 168 Å². The molecule has 0 spiro atoms. The molecule has 0 fully saturated rings. The first-order chi connectivity index (χ1) is 13.5. The molecule has 0 unspecified atom stereocenters. The van der Waals surface area contributed by atoms with Crippen molar-refractivity contribution in [1.82, 2.24) is 15.2 Å². The highest BCUT2D eigenvalue weighted by Gasteiger charge is 2.11. The molecular formula is C22H19ClN4O. The molecule has 0 radical (unpaired) electrons. The van der Waals surface area contributed by atoms with Crippen molar-refractivity contribution in [3.05, 3.63) is 70.7 Å². The van der Waals surface area contributed by atoms with Crippen molar-refractivity contribution in [3.63, 3.8) is 0 Å². The van der Waals surface area contributed by atoms with Gasteiger partial charge in [-0.15, -0.1) is 10.2 Å². The molecule has 5 nitrogen and oxygen atoms in total. The van der Waals surface area contributed by atoms with E-state index in [1.165, 1.54) is 0 Å². The Balaban J connectivity index is 1.74. The summed E-state index contributed by atoms with van der Waals surface area (Å²) < 4.78 is 5.32. The van der Waals surface area contributed by atoms with Crippen molar-refractivity contribution in [2.45, 2.75) is 13.8 Å². The van der Waals surface area contributed by atoms with E-state index in [1.807, 2.05) is 68.4 Å². The van der Waals surface area contributed by atoms with Crippen LogP contribution < -0.4 is 10.1 Å². The van der Waals surface area contributed by atoms with Crippen molar-refractivity contribution < 1.29 is 4.74 Å². The fraction of sp³-hybridized carbons (Fsp3) is 0.136. The summed E-state index contributed by atoms with van der Waals surface area (Å²) in [6, 6.07) is 17.6. The van der Waals surface area contributed by atoms with E-state index in [9.17, 15) is 0 Å². The highest BCUT2D eigenvalue weighted by molar-refractivity contribution is 6.33. The van der Waals surface area contributed by atoms with Gasteiger partial charge in [-0.1, -0.05) is 23.7 Å². The van der Waals surface area contributed by atoms with Gasteiger partial charge in [0.15, 0.2) is 0 Å². The lowest BCUT2D eigenvalue weighted by atomic mass is 10.0. The predicted octanol–water partition coefficient (Wildman–Crippen LogP) is 5.71. The van der Waals surface area contributed by atoms with Gasteiger partial charge in [-0.25, -0.2) is 4.98 Å². The molecule has 4 rings (SSSR count). The standard InChI is InChI=1S/C22H19ClN4O/c1-13-5-4-6-16(9-13)24-22-25-21-14(2)10-15(11-20(21)26-27-22)18-12-17(28-3)7-8-19(18)23/h4-12H,1-3H3,(H,24,25,27). The van der Waals surface area contributed by atoms with Gasteiger partial charge in [-0.05, 0) is 73.0 Å². The van der Waals surface area contributed by atoms with Crippen molar-refractivity contribution in [2.24, 2.45) is 0 Å². The summed E-state index contributed by atoms with van der Waals surface area (Å²) in [6.45, 7) is 4.05. The van der Waals surface area contributed by atoms with E-state index in [1.54, 1.807) is 7.11 Å². The second-order valence-electron chi connectivity index (χ2n) is 6.64. The maximum atomic E-state index is 6.40. The molecule has 28 heavy (non-hydrogen) atoms. The Hall–Kier alpha value is -3.18. The van der Waals surface area contributed by atoms with Gasteiger partial charge in [0.25, 0.3) is 0 Å². The number of benzene rings is 3. The Morgan fingerprint density at radius 1 is 0.964 bits per heavy atom. The first-order valence-electron chi connectivity index (χ1n) is 8.86. The average molecular weight is 391 g/mol. The molecule has 0 bridgehead atoms. The largest absolute Gasteiger partial charge is 0.497 e. The molecule has 6 heteroatoms. The number of nitrogens with one attached hydrogen (secondary N) is 1. The lowest BCUT2D eigenvalue weighted by molar-refractivity contribution is 0.415. The van der Waals surface area contributed by atoms with Crippen LogP contribution in [0.3, 0.4) is 0 Å². The molecule has 140 valence electrons. The number of rotatable bonds is 4. The number of aromatic nitrogens is 3. The molecule has 0 saturated heterocycles. The van der Waals surface area contributed by atoms with Crippen LogP contribution >= 0.6 is 11.6 Å². The molecule has 0 aliphatic heterocycles. The summed E-state index contributed by atoms with van der Waals surface area (Å²) in [5.41, 5.74) is 6.43. The van der Waals surface area contributed by atoms with E-state index in [0.29, 0.717) is 16.5 Å². The fourth-order valence-electron chi connectivity index (χ4n) is 3.13. The molecule has 1 aromatic heterocycles. The lowest BCUT2D eigenvalue weighted by Gasteiger charge is -2.11. The summed E-state index contributed by atoms with van der Waals surface area (Å²) >= 11 is 6.40. The van der Waals surface area contributed by atoms with E-state index >= 15 is 0 Å². The number of hydrogen-bond donors (Lipinski definition) is 1. The lowest BCUT2D eigenvalue weighted by Crippen LogP contribution is -2.01. The topological polar surface area (TPSA) is 59.9 Å². The van der Waals surface area contributed by atoms with Crippen LogP contribution in [-0.4, -0.2) is 22.3 Å². The van der Waals surface area contributed by atoms with Crippen LogP contribution in [0.15, 0.2) is 54.6 Å². The maximum absolute atomic E-state index is 6.40. The number of aryl methyl sites for hydroxylation is 2. The van der Waals surface area contributed by atoms with Crippen LogP contribution in [0, 0.1) is 13.8 Å². The number of anilines is 2. The van der Waals surface area contributed by atoms with Gasteiger partial charge in [0, 0.05) is 16.3 Å². The zero-order valence-corrected chi connectivity index (χ0v) is 16.6. The number of methoxy groups -OCH3 is 1. The van der Waals surface area contributed by atoms with Gasteiger partial charge in [-0.3, -0.25) is 0 Å². The Morgan fingerprint density at radius 2 is 1.82 bits per heavy atom. The van der Waals surface area contributed by atoms with Gasteiger partial charge in [-0.2, -0.15) is 0 Å². The van der Waals surface area contributed by atoms with Crippen LogP contribution in [0.25, 0.3) is 22.2 Å². The minimum atomic E-state index is 0.466. The van der Waals surface area contributed by atoms with E-state index in [0.717, 1.165) is 39.2 Å². The van der Waals surface area contributed by atoms with Crippen LogP contribution in [0.2, 0.25) is 5.02 Å². The minimum Gasteiger partial charge on any atom is -0.497 e. The van der Waals surface area contributed by atoms with Crippen LogP contribution in [0.5, 0.6) is 5.75 Å². The zero-order valence-electron chi connectivity index (χ0n) is 15.8. The highest BCUT2D eigenvalue weighted by Crippen LogP contribution is 2.34. The average Bonchev–Trinajstić information content (AvgIpc) is 2.69. The summed E-state index contributed by atoms with van der Waals surface area (Å²) in [5.74, 6) is 1.22. The van der Waals surface area contributed by atoms with Crippen molar-refractivity contribution in [2.75, 3.05) is 12.4 Å². The van der Waals surface area contributed by atoms with Crippen LogP contribution in [0.1, 0.15) is 11.1 Å². The molecule has 0 atom stereocenters. The van der Waals surface area contributed by atoms with Gasteiger partial charge in [0.1, 0.15) is 11.3 Å². The number of nitrogens with zero attached hydrogens (tertiary/aromatic N) is 3. The molecule has 1 N–H and O–H groups in total. The smallest absolute Gasteiger partial charge is 0.247 e. The fourth-order valence-corrected chi connectivity index (χ4v) is 3.35. The molecule has 0 saturated carbocycles. The van der Waals surface area contributed by atoms with Crippen molar-refractivity contribution in [3.8, 4) is 16.9 Å². The SMILES string of the molecule is COc1ccc(Cl)c(-c2cc(C)c3nc(Nc4cccc(C)c4)nnc3c2)c1. The van der Waals surface area contributed by atoms with Gasteiger partial charge in [0.05, 0.1) is 12.6 Å². The maximum Gasteiger partial charge on any atom is 0.247 e. The molecule has 0 aliphatic carbocycles. The number of fused-ring (bicyclic) bond motifs is 1. The van der Waals surface area contributed by atoms with Crippen molar-refractivity contribution >= 4 is 34.3 Å². The Bertz CT molecular complexity index is 1180. The highest BCUT2D eigenvalue weighted by atomic mass is 35.5. The molecule has 0 aliphatic rings. The van der Waals surface area contributed by atoms with Crippen molar-refractivity contribution in [1.29, 1.82) is 0 Å². The van der Waals surface area contributed by atoms with E-state index < -0.39 is 0 Å². The Morgan fingerprint density at radius 3 is 2.61 bits per heavy atom. The van der Waals surface area contributed by atoms with E-state index in [-0.39, 0.29) is 0 Å². The van der Waals surface area contributed by atoms with E-state index in [2.05, 4.69) is 20.5 Å².